The third kappa shape index (κ3) is 6.01. The van der Waals surface area contributed by atoms with Gasteiger partial charge in [0.1, 0.15) is 11.4 Å². The van der Waals surface area contributed by atoms with Crippen LogP contribution in [0.25, 0.3) is 11.4 Å². The Morgan fingerprint density at radius 1 is 1.28 bits per heavy atom. The Balaban J connectivity index is 1.22. The number of carbonyl (C=O) groups excluding carboxylic acids is 1. The number of ether oxygens (including phenoxy) is 1. The zero-order valence-corrected chi connectivity index (χ0v) is 18.3. The summed E-state index contributed by atoms with van der Waals surface area (Å²) in [6.45, 7) is 4.62. The second kappa shape index (κ2) is 10.5. The van der Waals surface area contributed by atoms with E-state index >= 15 is 0 Å². The summed E-state index contributed by atoms with van der Waals surface area (Å²) in [7, 11) is 0. The number of nitrogens with zero attached hydrogens (tertiary/aromatic N) is 5. The van der Waals surface area contributed by atoms with Crippen molar-refractivity contribution in [3.8, 4) is 17.1 Å². The summed E-state index contributed by atoms with van der Waals surface area (Å²) in [4.78, 5) is 19.0. The molecule has 32 heavy (non-hydrogen) atoms. The average Bonchev–Trinajstić information content (AvgIpc) is 3.41. The molecule has 0 unspecified atom stereocenters. The SMILES string of the molecule is Nc1nonc1-c1csc(NC(=O)Cc2cccc(OCCCN3CCN(O)CC3)c2)n1. The molecule has 0 saturated carbocycles. The lowest BCUT2D eigenvalue weighted by Crippen LogP contribution is -2.45. The first-order valence-corrected chi connectivity index (χ1v) is 11.2. The highest BCUT2D eigenvalue weighted by atomic mass is 32.1. The van der Waals surface area contributed by atoms with Gasteiger partial charge in [-0.15, -0.1) is 11.3 Å². The molecule has 4 N–H and O–H groups in total. The zero-order chi connectivity index (χ0) is 22.3. The number of benzene rings is 1. The van der Waals surface area contributed by atoms with E-state index in [9.17, 15) is 10.0 Å². The molecule has 1 amide bonds. The van der Waals surface area contributed by atoms with E-state index in [1.807, 2.05) is 24.3 Å². The van der Waals surface area contributed by atoms with Crippen LogP contribution in [0, 0.1) is 0 Å². The van der Waals surface area contributed by atoms with Crippen LogP contribution in [0.5, 0.6) is 5.75 Å². The molecule has 11 nitrogen and oxygen atoms in total. The number of hydrogen-bond donors (Lipinski definition) is 3. The van der Waals surface area contributed by atoms with E-state index in [0.29, 0.717) is 36.2 Å². The fraction of sp³-hybridized carbons (Fsp3) is 0.400. The highest BCUT2D eigenvalue weighted by molar-refractivity contribution is 7.14. The van der Waals surface area contributed by atoms with Gasteiger partial charge in [-0.05, 0) is 34.4 Å². The molecule has 3 aromatic rings. The Morgan fingerprint density at radius 3 is 2.91 bits per heavy atom. The first-order valence-electron chi connectivity index (χ1n) is 10.3. The maximum Gasteiger partial charge on any atom is 0.230 e. The fourth-order valence-electron chi connectivity index (χ4n) is 3.35. The number of aromatic nitrogens is 3. The fourth-order valence-corrected chi connectivity index (χ4v) is 4.06. The van der Waals surface area contributed by atoms with E-state index in [1.54, 1.807) is 5.38 Å². The first kappa shape index (κ1) is 22.1. The number of amides is 1. The van der Waals surface area contributed by atoms with Crippen molar-refractivity contribution in [2.45, 2.75) is 12.8 Å². The predicted molar refractivity (Wildman–Crippen MR) is 119 cm³/mol. The summed E-state index contributed by atoms with van der Waals surface area (Å²) in [6, 6.07) is 7.52. The molecule has 1 aromatic carbocycles. The predicted octanol–water partition coefficient (Wildman–Crippen LogP) is 1.73. The van der Waals surface area contributed by atoms with Crippen LogP contribution in [-0.4, -0.2) is 75.7 Å². The minimum atomic E-state index is -0.183. The van der Waals surface area contributed by atoms with Crippen molar-refractivity contribution in [1.82, 2.24) is 25.3 Å². The summed E-state index contributed by atoms with van der Waals surface area (Å²) in [5.74, 6) is 0.705. The Morgan fingerprint density at radius 2 is 2.12 bits per heavy atom. The summed E-state index contributed by atoms with van der Waals surface area (Å²) < 4.78 is 10.4. The first-order chi connectivity index (χ1) is 15.6. The molecule has 1 aliphatic rings. The molecule has 3 heterocycles. The van der Waals surface area contributed by atoms with Gasteiger partial charge in [-0.25, -0.2) is 9.61 Å². The number of thiazole rings is 1. The van der Waals surface area contributed by atoms with Crippen LogP contribution < -0.4 is 15.8 Å². The standard InChI is InChI=1S/C20H25N7O4S/c21-19-18(24-31-25-19)16-13-32-20(22-16)23-17(28)12-14-3-1-4-15(11-14)30-10-2-5-26-6-8-27(29)9-7-26/h1,3-4,11,13,29H,2,5-10,12H2,(H2,21,25)(H,22,23,28). The minimum absolute atomic E-state index is 0.151. The van der Waals surface area contributed by atoms with Crippen molar-refractivity contribution in [1.29, 1.82) is 0 Å². The van der Waals surface area contributed by atoms with Crippen molar-refractivity contribution in [2.75, 3.05) is 50.4 Å². The molecule has 0 radical (unpaired) electrons. The van der Waals surface area contributed by atoms with Crippen molar-refractivity contribution in [3.05, 3.63) is 35.2 Å². The number of hydrogen-bond acceptors (Lipinski definition) is 11. The number of piperazine rings is 1. The van der Waals surface area contributed by atoms with Crippen molar-refractivity contribution in [2.24, 2.45) is 0 Å². The van der Waals surface area contributed by atoms with Crippen LogP contribution >= 0.6 is 11.3 Å². The van der Waals surface area contributed by atoms with Gasteiger partial charge in [-0.1, -0.05) is 12.1 Å². The molecule has 170 valence electrons. The summed E-state index contributed by atoms with van der Waals surface area (Å²) in [5, 5.41) is 22.9. The molecular formula is C20H25N7O4S. The van der Waals surface area contributed by atoms with E-state index in [4.69, 9.17) is 10.5 Å². The van der Waals surface area contributed by atoms with Gasteiger partial charge in [0, 0.05) is 38.1 Å². The Kier molecular flexibility index (Phi) is 7.27. The molecule has 1 fully saturated rings. The van der Waals surface area contributed by atoms with Gasteiger partial charge in [0.2, 0.25) is 5.91 Å². The zero-order valence-electron chi connectivity index (χ0n) is 17.4. The normalized spacial score (nSPS) is 15.0. The minimum Gasteiger partial charge on any atom is -0.494 e. The van der Waals surface area contributed by atoms with E-state index in [1.165, 1.54) is 16.4 Å². The Labute approximate surface area is 188 Å². The van der Waals surface area contributed by atoms with Crippen LogP contribution in [0.15, 0.2) is 34.3 Å². The van der Waals surface area contributed by atoms with E-state index in [-0.39, 0.29) is 18.1 Å². The highest BCUT2D eigenvalue weighted by Gasteiger charge is 2.15. The maximum absolute atomic E-state index is 12.4. The van der Waals surface area contributed by atoms with E-state index < -0.39 is 0 Å². The lowest BCUT2D eigenvalue weighted by molar-refractivity contribution is -0.117. The molecule has 0 bridgehead atoms. The van der Waals surface area contributed by atoms with Gasteiger partial charge >= 0.3 is 0 Å². The molecular weight excluding hydrogens is 434 g/mol. The number of hydroxylamine groups is 2. The maximum atomic E-state index is 12.4. The van der Waals surface area contributed by atoms with Gasteiger partial charge < -0.3 is 25.9 Å². The van der Waals surface area contributed by atoms with Gasteiger partial charge in [-0.2, -0.15) is 5.06 Å². The summed E-state index contributed by atoms with van der Waals surface area (Å²) in [5.41, 5.74) is 7.37. The number of carbonyl (C=O) groups is 1. The number of anilines is 2. The highest BCUT2D eigenvalue weighted by Crippen LogP contribution is 2.26. The van der Waals surface area contributed by atoms with Crippen molar-refractivity contribution in [3.63, 3.8) is 0 Å². The Bertz CT molecular complexity index is 1030. The van der Waals surface area contributed by atoms with Gasteiger partial charge in [0.15, 0.2) is 16.6 Å². The Hall–Kier alpha value is -3.06. The second-order valence-corrected chi connectivity index (χ2v) is 8.26. The largest absolute Gasteiger partial charge is 0.494 e. The summed E-state index contributed by atoms with van der Waals surface area (Å²) >= 11 is 1.27. The quantitative estimate of drug-likeness (QED) is 0.405. The van der Waals surface area contributed by atoms with Crippen LogP contribution in [0.3, 0.4) is 0 Å². The molecule has 2 aromatic heterocycles. The smallest absolute Gasteiger partial charge is 0.230 e. The van der Waals surface area contributed by atoms with Crippen LogP contribution in [-0.2, 0) is 11.2 Å². The number of rotatable bonds is 9. The molecule has 1 aliphatic heterocycles. The third-order valence-electron chi connectivity index (χ3n) is 5.01. The number of nitrogens with two attached hydrogens (primary N) is 1. The van der Waals surface area contributed by atoms with E-state index in [0.717, 1.165) is 37.4 Å². The topological polar surface area (TPSA) is 143 Å². The van der Waals surface area contributed by atoms with E-state index in [2.05, 4.69) is 30.1 Å². The van der Waals surface area contributed by atoms with Crippen LogP contribution in [0.1, 0.15) is 12.0 Å². The molecule has 4 rings (SSSR count). The van der Waals surface area contributed by atoms with Crippen molar-refractivity contribution >= 4 is 28.2 Å². The molecule has 12 heteroatoms. The third-order valence-corrected chi connectivity index (χ3v) is 5.76. The van der Waals surface area contributed by atoms with Gasteiger partial charge in [-0.3, -0.25) is 4.79 Å². The lowest BCUT2D eigenvalue weighted by atomic mass is 10.1. The molecule has 0 atom stereocenters. The van der Waals surface area contributed by atoms with Crippen LogP contribution in [0.4, 0.5) is 10.9 Å². The monoisotopic (exact) mass is 459 g/mol. The second-order valence-electron chi connectivity index (χ2n) is 7.41. The van der Waals surface area contributed by atoms with Gasteiger partial charge in [0.25, 0.3) is 0 Å². The van der Waals surface area contributed by atoms with Crippen LogP contribution in [0.2, 0.25) is 0 Å². The molecule has 1 saturated heterocycles. The lowest BCUT2D eigenvalue weighted by Gasteiger charge is -2.30. The summed E-state index contributed by atoms with van der Waals surface area (Å²) in [6.07, 6.45) is 1.10. The van der Waals surface area contributed by atoms with Gasteiger partial charge in [0.05, 0.1) is 13.0 Å². The average molecular weight is 460 g/mol. The number of nitrogens with one attached hydrogen (secondary N) is 1. The molecule has 0 spiro atoms. The number of nitrogen functional groups attached to an aromatic ring is 1. The molecule has 0 aliphatic carbocycles. The van der Waals surface area contributed by atoms with Crippen molar-refractivity contribution < 1.29 is 19.4 Å².